The maximum atomic E-state index is 13.0. The molecule has 1 aliphatic rings. The topological polar surface area (TPSA) is 105 Å². The van der Waals surface area contributed by atoms with Crippen LogP contribution in [-0.4, -0.2) is 41.9 Å². The van der Waals surface area contributed by atoms with Gasteiger partial charge in [-0.15, -0.1) is 10.2 Å². The molecule has 0 spiro atoms. The van der Waals surface area contributed by atoms with Gasteiger partial charge in [0.1, 0.15) is 0 Å². The Kier molecular flexibility index (Phi) is 5.88. The number of hydrogen-bond acceptors (Lipinski definition) is 6. The summed E-state index contributed by atoms with van der Waals surface area (Å²) in [6, 6.07) is 14.1. The number of aromatic nitrogens is 2. The van der Waals surface area contributed by atoms with Crippen molar-refractivity contribution in [2.24, 2.45) is 0 Å². The average molecular weight is 441 g/mol. The molecule has 2 aromatic carbocycles. The predicted molar refractivity (Wildman–Crippen MR) is 116 cm³/mol. The molecule has 4 rings (SSSR count). The number of carbonyl (C=O) groups is 1. The number of rotatable bonds is 5. The van der Waals surface area contributed by atoms with E-state index >= 15 is 0 Å². The molecule has 0 radical (unpaired) electrons. The molecule has 0 unspecified atom stereocenters. The Bertz CT molecular complexity index is 1180. The highest BCUT2D eigenvalue weighted by Crippen LogP contribution is 2.32. The Morgan fingerprint density at radius 2 is 1.81 bits per heavy atom. The lowest BCUT2D eigenvalue weighted by Crippen LogP contribution is -2.37. The van der Waals surface area contributed by atoms with Crippen LogP contribution in [0, 0.1) is 6.92 Å². The molecule has 1 amide bonds. The molecule has 1 fully saturated rings. The quantitative estimate of drug-likeness (QED) is 0.650. The number of piperidine rings is 1. The van der Waals surface area contributed by atoms with Gasteiger partial charge >= 0.3 is 0 Å². The normalized spacial score (nSPS) is 15.7. The highest BCUT2D eigenvalue weighted by Gasteiger charge is 2.32. The number of nitrogens with zero attached hydrogens (tertiary/aromatic N) is 3. The van der Waals surface area contributed by atoms with Gasteiger partial charge in [0.25, 0.3) is 0 Å². The maximum Gasteiger partial charge on any atom is 0.247 e. The van der Waals surface area contributed by atoms with Crippen LogP contribution in [0.25, 0.3) is 11.5 Å². The van der Waals surface area contributed by atoms with Crippen LogP contribution < -0.4 is 5.32 Å². The van der Waals surface area contributed by atoms with Crippen LogP contribution in [0.3, 0.4) is 0 Å². The molecule has 0 bridgehead atoms. The Balaban J connectivity index is 1.42. The number of benzene rings is 2. The summed E-state index contributed by atoms with van der Waals surface area (Å²) in [6.07, 6.45) is 1.22. The highest BCUT2D eigenvalue weighted by atomic mass is 32.2. The van der Waals surface area contributed by atoms with Crippen molar-refractivity contribution in [2.45, 2.75) is 37.5 Å². The van der Waals surface area contributed by atoms with E-state index in [1.165, 1.54) is 23.4 Å². The summed E-state index contributed by atoms with van der Waals surface area (Å²) in [4.78, 5) is 11.3. The number of amides is 1. The van der Waals surface area contributed by atoms with Crippen LogP contribution in [0.15, 0.2) is 57.8 Å². The van der Waals surface area contributed by atoms with Crippen molar-refractivity contribution < 1.29 is 17.6 Å². The van der Waals surface area contributed by atoms with E-state index in [9.17, 15) is 13.2 Å². The Morgan fingerprint density at radius 1 is 1.10 bits per heavy atom. The zero-order valence-corrected chi connectivity index (χ0v) is 18.2. The number of hydrogen-bond donors (Lipinski definition) is 1. The van der Waals surface area contributed by atoms with Gasteiger partial charge in [-0.25, -0.2) is 8.42 Å². The van der Waals surface area contributed by atoms with Crippen molar-refractivity contribution in [3.63, 3.8) is 0 Å². The second-order valence-corrected chi connectivity index (χ2v) is 9.64. The average Bonchev–Trinajstić information content (AvgIpc) is 3.24. The van der Waals surface area contributed by atoms with Gasteiger partial charge in [0.05, 0.1) is 4.90 Å². The molecule has 0 aliphatic carbocycles. The largest absolute Gasteiger partial charge is 0.420 e. The number of nitrogens with one attached hydrogen (secondary N) is 1. The molecule has 0 atom stereocenters. The molecule has 2 heterocycles. The van der Waals surface area contributed by atoms with Crippen LogP contribution >= 0.6 is 0 Å². The number of anilines is 1. The van der Waals surface area contributed by atoms with E-state index < -0.39 is 10.0 Å². The van der Waals surface area contributed by atoms with Gasteiger partial charge in [-0.05, 0) is 56.2 Å². The van der Waals surface area contributed by atoms with Crippen LogP contribution in [-0.2, 0) is 14.8 Å². The van der Waals surface area contributed by atoms with Gasteiger partial charge in [-0.2, -0.15) is 4.31 Å². The second-order valence-electron chi connectivity index (χ2n) is 7.70. The molecule has 1 N–H and O–H groups in total. The first-order chi connectivity index (χ1) is 14.8. The molecule has 9 heteroatoms. The van der Waals surface area contributed by atoms with E-state index in [1.54, 1.807) is 12.1 Å². The summed E-state index contributed by atoms with van der Waals surface area (Å²) in [5, 5.41) is 11.0. The van der Waals surface area contributed by atoms with E-state index in [0.29, 0.717) is 43.4 Å². The molecule has 1 aromatic heterocycles. The number of aryl methyl sites for hydroxylation is 1. The first-order valence-corrected chi connectivity index (χ1v) is 11.6. The molecular formula is C22H24N4O4S. The van der Waals surface area contributed by atoms with Gasteiger partial charge in [-0.1, -0.05) is 17.7 Å². The van der Waals surface area contributed by atoms with Crippen LogP contribution in [0.2, 0.25) is 0 Å². The van der Waals surface area contributed by atoms with E-state index in [2.05, 4.69) is 15.5 Å². The second kappa shape index (κ2) is 8.60. The summed E-state index contributed by atoms with van der Waals surface area (Å²) in [6.45, 7) is 4.16. The van der Waals surface area contributed by atoms with Gasteiger partial charge in [0.15, 0.2) is 0 Å². The minimum absolute atomic E-state index is 0.0275. The van der Waals surface area contributed by atoms with Crippen LogP contribution in [0.1, 0.15) is 37.1 Å². The van der Waals surface area contributed by atoms with E-state index in [0.717, 1.165) is 11.1 Å². The fourth-order valence-electron chi connectivity index (χ4n) is 3.70. The van der Waals surface area contributed by atoms with Crippen molar-refractivity contribution >= 4 is 21.6 Å². The molecule has 1 saturated heterocycles. The summed E-state index contributed by atoms with van der Waals surface area (Å²) < 4.78 is 33.3. The molecular weight excluding hydrogens is 416 g/mol. The summed E-state index contributed by atoms with van der Waals surface area (Å²) in [7, 11) is -3.60. The van der Waals surface area contributed by atoms with Gasteiger partial charge in [0.2, 0.25) is 27.7 Å². The summed E-state index contributed by atoms with van der Waals surface area (Å²) in [5.41, 5.74) is 2.55. The van der Waals surface area contributed by atoms with Crippen molar-refractivity contribution in [3.05, 3.63) is 60.0 Å². The lowest BCUT2D eigenvalue weighted by Gasteiger charge is -2.29. The van der Waals surface area contributed by atoms with E-state index in [4.69, 9.17) is 4.42 Å². The summed E-state index contributed by atoms with van der Waals surface area (Å²) in [5.74, 6) is 0.852. The zero-order valence-electron chi connectivity index (χ0n) is 17.4. The first-order valence-electron chi connectivity index (χ1n) is 10.1. The smallest absolute Gasteiger partial charge is 0.247 e. The third-order valence-electron chi connectivity index (χ3n) is 5.32. The zero-order chi connectivity index (χ0) is 22.0. The van der Waals surface area contributed by atoms with Crippen molar-refractivity contribution in [1.29, 1.82) is 0 Å². The Morgan fingerprint density at radius 3 is 2.45 bits per heavy atom. The lowest BCUT2D eigenvalue weighted by molar-refractivity contribution is -0.114. The minimum Gasteiger partial charge on any atom is -0.420 e. The third-order valence-corrected chi connectivity index (χ3v) is 7.23. The van der Waals surface area contributed by atoms with Crippen molar-refractivity contribution in [1.82, 2.24) is 14.5 Å². The number of sulfonamides is 1. The molecule has 162 valence electrons. The van der Waals surface area contributed by atoms with Crippen LogP contribution in [0.5, 0.6) is 0 Å². The van der Waals surface area contributed by atoms with Gasteiger partial charge < -0.3 is 9.73 Å². The monoisotopic (exact) mass is 440 g/mol. The minimum atomic E-state index is -3.60. The van der Waals surface area contributed by atoms with Crippen molar-refractivity contribution in [2.75, 3.05) is 18.4 Å². The SMILES string of the molecule is CC(=O)Nc1ccc(S(=O)(=O)N2CCC(c3nnc(-c4cccc(C)c4)o3)CC2)cc1. The first kappa shape index (κ1) is 21.2. The van der Waals surface area contributed by atoms with Gasteiger partial charge in [0, 0.05) is 37.2 Å². The molecule has 3 aromatic rings. The molecule has 1 aliphatic heterocycles. The molecule has 31 heavy (non-hydrogen) atoms. The maximum absolute atomic E-state index is 13.0. The Hall–Kier alpha value is -3.04. The van der Waals surface area contributed by atoms with Crippen LogP contribution in [0.4, 0.5) is 5.69 Å². The van der Waals surface area contributed by atoms with Gasteiger partial charge in [-0.3, -0.25) is 4.79 Å². The highest BCUT2D eigenvalue weighted by molar-refractivity contribution is 7.89. The third kappa shape index (κ3) is 4.67. The molecule has 0 saturated carbocycles. The molecule has 8 nitrogen and oxygen atoms in total. The fourth-order valence-corrected chi connectivity index (χ4v) is 5.17. The summed E-state index contributed by atoms with van der Waals surface area (Å²) >= 11 is 0. The lowest BCUT2D eigenvalue weighted by atomic mass is 9.98. The van der Waals surface area contributed by atoms with E-state index in [1.807, 2.05) is 31.2 Å². The Labute approximate surface area is 181 Å². The standard InChI is InChI=1S/C22H24N4O4S/c1-15-4-3-5-18(14-15)22-25-24-21(30-22)17-10-12-26(13-11-17)31(28,29)20-8-6-19(7-9-20)23-16(2)27/h3-9,14,17H,10-13H2,1-2H3,(H,23,27). The number of carbonyl (C=O) groups excluding carboxylic acids is 1. The van der Waals surface area contributed by atoms with Crippen molar-refractivity contribution in [3.8, 4) is 11.5 Å². The van der Waals surface area contributed by atoms with E-state index in [-0.39, 0.29) is 16.7 Å². The predicted octanol–water partition coefficient (Wildman–Crippen LogP) is 3.57. The fraction of sp³-hybridized carbons (Fsp3) is 0.318.